The predicted octanol–water partition coefficient (Wildman–Crippen LogP) is 2.78. The van der Waals surface area contributed by atoms with Crippen LogP contribution in [0, 0.1) is 6.92 Å². The minimum absolute atomic E-state index is 0.0635. The molecule has 7 nitrogen and oxygen atoms in total. The van der Waals surface area contributed by atoms with Crippen molar-refractivity contribution >= 4 is 11.9 Å². The first kappa shape index (κ1) is 22.6. The molecule has 0 saturated carbocycles. The summed E-state index contributed by atoms with van der Waals surface area (Å²) in [4.78, 5) is 16.4. The summed E-state index contributed by atoms with van der Waals surface area (Å²) in [5.41, 5.74) is 3.89. The largest absolute Gasteiger partial charge is 0.488 e. The number of carbonyl (C=O) groups excluding carboxylic acids is 1. The summed E-state index contributed by atoms with van der Waals surface area (Å²) in [6.45, 7) is 7.11. The van der Waals surface area contributed by atoms with Crippen molar-refractivity contribution < 1.29 is 14.3 Å². The first-order valence-electron chi connectivity index (χ1n) is 10.7. The molecule has 1 fully saturated rings. The average molecular weight is 425 g/mol. The molecule has 1 unspecified atom stereocenters. The predicted molar refractivity (Wildman–Crippen MR) is 123 cm³/mol. The Hall–Kier alpha value is -3.06. The maximum absolute atomic E-state index is 12.0. The minimum Gasteiger partial charge on any atom is -0.488 e. The number of nitrogens with zero attached hydrogens (tertiary/aromatic N) is 1. The van der Waals surface area contributed by atoms with Crippen LogP contribution in [0.15, 0.2) is 47.5 Å². The van der Waals surface area contributed by atoms with E-state index in [1.807, 2.05) is 31.2 Å². The molecule has 1 heterocycles. The number of guanidine groups is 1. The van der Waals surface area contributed by atoms with Gasteiger partial charge >= 0.3 is 0 Å². The molecule has 31 heavy (non-hydrogen) atoms. The van der Waals surface area contributed by atoms with Crippen LogP contribution in [-0.4, -0.2) is 44.8 Å². The zero-order chi connectivity index (χ0) is 22.1. The Morgan fingerprint density at radius 1 is 1.16 bits per heavy atom. The van der Waals surface area contributed by atoms with Crippen LogP contribution in [0.5, 0.6) is 5.75 Å². The van der Waals surface area contributed by atoms with Crippen LogP contribution in [0.25, 0.3) is 0 Å². The minimum atomic E-state index is -0.0635. The number of benzene rings is 2. The van der Waals surface area contributed by atoms with Gasteiger partial charge in [-0.2, -0.15) is 0 Å². The van der Waals surface area contributed by atoms with Crippen LogP contribution in [0.1, 0.15) is 40.4 Å². The smallest absolute Gasteiger partial charge is 0.251 e. The van der Waals surface area contributed by atoms with Crippen LogP contribution in [0.4, 0.5) is 0 Å². The maximum atomic E-state index is 12.0. The molecular weight excluding hydrogens is 392 g/mol. The zero-order valence-corrected chi connectivity index (χ0v) is 18.5. The van der Waals surface area contributed by atoms with Gasteiger partial charge in [0.2, 0.25) is 0 Å². The lowest BCUT2D eigenvalue weighted by Crippen LogP contribution is -2.36. The molecule has 0 bridgehead atoms. The molecule has 3 N–H and O–H groups in total. The van der Waals surface area contributed by atoms with Crippen LogP contribution < -0.4 is 20.7 Å². The second-order valence-electron chi connectivity index (χ2n) is 7.55. The normalized spacial score (nSPS) is 16.1. The molecule has 0 radical (unpaired) electrons. The van der Waals surface area contributed by atoms with Crippen molar-refractivity contribution in [2.75, 3.05) is 26.8 Å². The third-order valence-corrected chi connectivity index (χ3v) is 5.06. The summed E-state index contributed by atoms with van der Waals surface area (Å²) in [5, 5.41) is 9.47. The number of aryl methyl sites for hydroxylation is 1. The SMILES string of the molecule is CCNC(=O)c1cccc(CNC(=NC)NCc2ccc(C)cc2OC2CCOC2)c1. The van der Waals surface area contributed by atoms with Crippen molar-refractivity contribution in [3.05, 3.63) is 64.7 Å². The van der Waals surface area contributed by atoms with Crippen molar-refractivity contribution in [1.29, 1.82) is 0 Å². The van der Waals surface area contributed by atoms with Gasteiger partial charge in [-0.05, 0) is 43.2 Å². The van der Waals surface area contributed by atoms with E-state index in [2.05, 4.69) is 46.1 Å². The highest BCUT2D eigenvalue weighted by Crippen LogP contribution is 2.23. The maximum Gasteiger partial charge on any atom is 0.251 e. The molecule has 1 saturated heterocycles. The molecule has 0 aliphatic carbocycles. The fourth-order valence-electron chi connectivity index (χ4n) is 3.37. The first-order chi connectivity index (χ1) is 15.1. The lowest BCUT2D eigenvalue weighted by Gasteiger charge is -2.18. The van der Waals surface area contributed by atoms with E-state index in [1.54, 1.807) is 7.05 Å². The second-order valence-corrected chi connectivity index (χ2v) is 7.55. The van der Waals surface area contributed by atoms with Gasteiger partial charge in [0, 0.05) is 44.2 Å². The number of hydrogen-bond donors (Lipinski definition) is 3. The summed E-state index contributed by atoms with van der Waals surface area (Å²) in [7, 11) is 1.74. The van der Waals surface area contributed by atoms with Gasteiger partial charge in [-0.25, -0.2) is 0 Å². The van der Waals surface area contributed by atoms with E-state index in [9.17, 15) is 4.79 Å². The summed E-state index contributed by atoms with van der Waals surface area (Å²) >= 11 is 0. The zero-order valence-electron chi connectivity index (χ0n) is 18.5. The van der Waals surface area contributed by atoms with E-state index in [1.165, 1.54) is 0 Å². The summed E-state index contributed by atoms with van der Waals surface area (Å²) in [5.74, 6) is 1.50. The molecule has 1 aliphatic heterocycles. The topological polar surface area (TPSA) is 84.0 Å². The molecule has 0 aromatic heterocycles. The third kappa shape index (κ3) is 6.72. The van der Waals surface area contributed by atoms with Gasteiger partial charge in [0.15, 0.2) is 5.96 Å². The monoisotopic (exact) mass is 424 g/mol. The van der Waals surface area contributed by atoms with E-state index in [4.69, 9.17) is 9.47 Å². The number of aliphatic imine (C=N–C) groups is 1. The lowest BCUT2D eigenvalue weighted by molar-refractivity contribution is 0.0955. The number of rotatable bonds is 8. The molecule has 1 aliphatic rings. The van der Waals surface area contributed by atoms with Gasteiger partial charge in [-0.3, -0.25) is 9.79 Å². The van der Waals surface area contributed by atoms with Crippen LogP contribution in [0.3, 0.4) is 0 Å². The highest BCUT2D eigenvalue weighted by atomic mass is 16.5. The molecule has 7 heteroatoms. The second kappa shape index (κ2) is 11.4. The van der Waals surface area contributed by atoms with Crippen LogP contribution in [0.2, 0.25) is 0 Å². The summed E-state index contributed by atoms with van der Waals surface area (Å²) < 4.78 is 11.6. The van der Waals surface area contributed by atoms with Gasteiger partial charge < -0.3 is 25.4 Å². The van der Waals surface area contributed by atoms with Gasteiger partial charge in [-0.1, -0.05) is 24.3 Å². The Balaban J connectivity index is 1.57. The molecule has 2 aromatic rings. The van der Waals surface area contributed by atoms with E-state index >= 15 is 0 Å². The highest BCUT2D eigenvalue weighted by Gasteiger charge is 2.18. The Bertz CT molecular complexity index is 907. The summed E-state index contributed by atoms with van der Waals surface area (Å²) in [6.07, 6.45) is 1.02. The number of amides is 1. The van der Waals surface area contributed by atoms with E-state index in [0.717, 1.165) is 35.5 Å². The number of carbonyl (C=O) groups is 1. The van der Waals surface area contributed by atoms with Gasteiger partial charge in [0.1, 0.15) is 11.9 Å². The molecule has 1 atom stereocenters. The van der Waals surface area contributed by atoms with Gasteiger partial charge in [0.05, 0.1) is 13.2 Å². The average Bonchev–Trinajstić information content (AvgIpc) is 3.28. The van der Waals surface area contributed by atoms with E-state index in [0.29, 0.717) is 37.8 Å². The Kier molecular flexibility index (Phi) is 8.29. The molecular formula is C24H32N4O3. The van der Waals surface area contributed by atoms with Crippen molar-refractivity contribution in [2.45, 2.75) is 39.5 Å². The quantitative estimate of drug-likeness (QED) is 0.448. The number of ether oxygens (including phenoxy) is 2. The van der Waals surface area contributed by atoms with E-state index < -0.39 is 0 Å². The number of hydrogen-bond acceptors (Lipinski definition) is 4. The van der Waals surface area contributed by atoms with Crippen molar-refractivity contribution in [3.8, 4) is 5.75 Å². The van der Waals surface area contributed by atoms with Crippen LogP contribution in [-0.2, 0) is 17.8 Å². The molecule has 0 spiro atoms. The first-order valence-corrected chi connectivity index (χ1v) is 10.7. The van der Waals surface area contributed by atoms with Gasteiger partial charge in [-0.15, -0.1) is 0 Å². The summed E-state index contributed by atoms with van der Waals surface area (Å²) in [6, 6.07) is 13.8. The molecule has 1 amide bonds. The fraction of sp³-hybridized carbons (Fsp3) is 0.417. The Morgan fingerprint density at radius 3 is 2.74 bits per heavy atom. The lowest BCUT2D eigenvalue weighted by atomic mass is 10.1. The number of nitrogens with one attached hydrogen (secondary N) is 3. The highest BCUT2D eigenvalue weighted by molar-refractivity contribution is 5.94. The standard InChI is InChI=1S/C24H32N4O3/c1-4-26-23(29)19-7-5-6-18(13-19)14-27-24(25-3)28-15-20-9-8-17(2)12-22(20)31-21-10-11-30-16-21/h5-9,12-13,21H,4,10-11,14-16H2,1-3H3,(H,26,29)(H2,25,27,28). The van der Waals surface area contributed by atoms with Crippen molar-refractivity contribution in [3.63, 3.8) is 0 Å². The Labute approximate surface area is 184 Å². The Morgan fingerprint density at radius 2 is 2.00 bits per heavy atom. The van der Waals surface area contributed by atoms with Crippen molar-refractivity contribution in [1.82, 2.24) is 16.0 Å². The third-order valence-electron chi connectivity index (χ3n) is 5.06. The van der Waals surface area contributed by atoms with E-state index in [-0.39, 0.29) is 12.0 Å². The van der Waals surface area contributed by atoms with Crippen molar-refractivity contribution in [2.24, 2.45) is 4.99 Å². The fourth-order valence-corrected chi connectivity index (χ4v) is 3.37. The molecule has 3 rings (SSSR count). The molecule has 166 valence electrons. The van der Waals surface area contributed by atoms with Crippen LogP contribution >= 0.6 is 0 Å². The molecule has 2 aromatic carbocycles. The van der Waals surface area contributed by atoms with Gasteiger partial charge in [0.25, 0.3) is 5.91 Å².